The molecule has 2 rings (SSSR count). The van der Waals surface area contributed by atoms with E-state index in [2.05, 4.69) is 43.6 Å². The first-order chi connectivity index (χ1) is 8.62. The topological polar surface area (TPSA) is 21.3 Å². The van der Waals surface area contributed by atoms with E-state index in [-0.39, 0.29) is 0 Å². The molecule has 0 aromatic heterocycles. The fraction of sp³-hybridized carbons (Fsp3) is 0.625. The van der Waals surface area contributed by atoms with Gasteiger partial charge in [0.1, 0.15) is 0 Å². The molecule has 1 atom stereocenters. The van der Waals surface area contributed by atoms with Crippen LogP contribution in [0, 0.1) is 5.41 Å². The lowest BCUT2D eigenvalue weighted by atomic mass is 9.69. The Morgan fingerprint density at radius 2 is 2.11 bits per heavy atom. The van der Waals surface area contributed by atoms with E-state index in [1.165, 1.54) is 36.8 Å². The van der Waals surface area contributed by atoms with Crippen LogP contribution >= 0.6 is 0 Å². The first-order valence-electron chi connectivity index (χ1n) is 6.96. The second-order valence-electron chi connectivity index (χ2n) is 6.18. The molecule has 1 aliphatic rings. The number of hydrogen-bond donors (Lipinski definition) is 1. The molecule has 2 nitrogen and oxygen atoms in total. The Balaban J connectivity index is 2.16. The summed E-state index contributed by atoms with van der Waals surface area (Å²) in [6.45, 7) is 5.59. The normalized spacial score (nSPS) is 22.9. The highest BCUT2D eigenvalue weighted by molar-refractivity contribution is 5.31. The quantitative estimate of drug-likeness (QED) is 0.811. The van der Waals surface area contributed by atoms with Crippen molar-refractivity contribution >= 4 is 0 Å². The van der Waals surface area contributed by atoms with Crippen LogP contribution in [0.25, 0.3) is 0 Å². The molecule has 0 amide bonds. The van der Waals surface area contributed by atoms with Gasteiger partial charge >= 0.3 is 0 Å². The van der Waals surface area contributed by atoms with Crippen LogP contribution in [0.4, 0.5) is 0 Å². The highest BCUT2D eigenvalue weighted by Crippen LogP contribution is 2.44. The van der Waals surface area contributed by atoms with Gasteiger partial charge in [0, 0.05) is 6.54 Å². The molecule has 18 heavy (non-hydrogen) atoms. The maximum atomic E-state index is 4.98. The third kappa shape index (κ3) is 3.33. The summed E-state index contributed by atoms with van der Waals surface area (Å²) < 4.78 is 0. The molecule has 0 saturated heterocycles. The Kier molecular flexibility index (Phi) is 4.41. The molecule has 100 valence electrons. The van der Waals surface area contributed by atoms with Crippen molar-refractivity contribution < 1.29 is 4.84 Å². The van der Waals surface area contributed by atoms with Gasteiger partial charge in [-0.2, -0.15) is 5.48 Å². The zero-order valence-electron chi connectivity index (χ0n) is 11.8. The maximum Gasteiger partial charge on any atom is 0.0572 e. The SMILES string of the molecule is CONCc1ccccc1C1CCCC(C)(C)C1. The fourth-order valence-electron chi connectivity index (χ4n) is 3.21. The Morgan fingerprint density at radius 3 is 2.83 bits per heavy atom. The fourth-order valence-corrected chi connectivity index (χ4v) is 3.21. The smallest absolute Gasteiger partial charge is 0.0572 e. The molecule has 1 unspecified atom stereocenters. The third-order valence-corrected chi connectivity index (χ3v) is 4.11. The molecule has 2 heteroatoms. The largest absolute Gasteiger partial charge is 0.305 e. The Morgan fingerprint density at radius 1 is 1.33 bits per heavy atom. The summed E-state index contributed by atoms with van der Waals surface area (Å²) in [5.74, 6) is 0.712. The first kappa shape index (κ1) is 13.6. The number of nitrogens with one attached hydrogen (secondary N) is 1. The minimum absolute atomic E-state index is 0.491. The highest BCUT2D eigenvalue weighted by Gasteiger charge is 2.29. The lowest BCUT2D eigenvalue weighted by Gasteiger charge is -2.36. The molecule has 0 aliphatic heterocycles. The third-order valence-electron chi connectivity index (χ3n) is 4.11. The van der Waals surface area contributed by atoms with Crippen LogP contribution in [-0.2, 0) is 11.4 Å². The van der Waals surface area contributed by atoms with Crippen molar-refractivity contribution in [3.8, 4) is 0 Å². The summed E-state index contributed by atoms with van der Waals surface area (Å²) in [4.78, 5) is 4.98. The van der Waals surface area contributed by atoms with Gasteiger partial charge in [0.2, 0.25) is 0 Å². The zero-order valence-corrected chi connectivity index (χ0v) is 11.8. The monoisotopic (exact) mass is 247 g/mol. The summed E-state index contributed by atoms with van der Waals surface area (Å²) in [6, 6.07) is 8.78. The molecule has 1 saturated carbocycles. The van der Waals surface area contributed by atoms with E-state index in [0.29, 0.717) is 11.3 Å². The molecule has 1 aliphatic carbocycles. The van der Waals surface area contributed by atoms with E-state index < -0.39 is 0 Å². The predicted octanol–water partition coefficient (Wildman–Crippen LogP) is 4.02. The van der Waals surface area contributed by atoms with Crippen molar-refractivity contribution in [2.24, 2.45) is 5.41 Å². The minimum Gasteiger partial charge on any atom is -0.305 e. The standard InChI is InChI=1S/C16H25NO/c1-16(2)10-6-8-13(11-16)15-9-5-4-7-14(15)12-17-18-3/h4-5,7,9,13,17H,6,8,10-12H2,1-3H3. The Hall–Kier alpha value is -0.860. The lowest BCUT2D eigenvalue weighted by Crippen LogP contribution is -2.23. The van der Waals surface area contributed by atoms with Gasteiger partial charge in [0.25, 0.3) is 0 Å². The summed E-state index contributed by atoms with van der Waals surface area (Å²) in [6.07, 6.45) is 5.34. The van der Waals surface area contributed by atoms with E-state index in [1.807, 2.05) is 0 Å². The van der Waals surface area contributed by atoms with Gasteiger partial charge in [-0.05, 0) is 41.7 Å². The van der Waals surface area contributed by atoms with Crippen molar-refractivity contribution in [3.05, 3.63) is 35.4 Å². The molecule has 0 heterocycles. The summed E-state index contributed by atoms with van der Waals surface area (Å²) in [5.41, 5.74) is 6.34. The molecule has 1 N–H and O–H groups in total. The second kappa shape index (κ2) is 5.85. The van der Waals surface area contributed by atoms with Gasteiger partial charge in [-0.15, -0.1) is 0 Å². The molecule has 1 aromatic carbocycles. The van der Waals surface area contributed by atoms with Gasteiger partial charge in [0.05, 0.1) is 7.11 Å². The molecular weight excluding hydrogens is 222 g/mol. The average Bonchev–Trinajstić information content (AvgIpc) is 2.35. The van der Waals surface area contributed by atoms with Crippen LogP contribution in [-0.4, -0.2) is 7.11 Å². The van der Waals surface area contributed by atoms with Gasteiger partial charge < -0.3 is 4.84 Å². The Bertz CT molecular complexity index is 386. The molecule has 1 aromatic rings. The van der Waals surface area contributed by atoms with Crippen molar-refractivity contribution in [2.45, 2.75) is 52.0 Å². The van der Waals surface area contributed by atoms with E-state index in [0.717, 1.165) is 6.54 Å². The number of hydroxylamine groups is 1. The van der Waals surface area contributed by atoms with E-state index in [4.69, 9.17) is 4.84 Å². The molecule has 0 spiro atoms. The summed E-state index contributed by atoms with van der Waals surface area (Å²) in [5, 5.41) is 0. The van der Waals surface area contributed by atoms with Crippen LogP contribution < -0.4 is 5.48 Å². The molecule has 1 fully saturated rings. The maximum absolute atomic E-state index is 4.98. The number of benzene rings is 1. The van der Waals surface area contributed by atoms with Crippen LogP contribution in [0.15, 0.2) is 24.3 Å². The van der Waals surface area contributed by atoms with Gasteiger partial charge in [-0.3, -0.25) is 0 Å². The van der Waals surface area contributed by atoms with E-state index in [1.54, 1.807) is 7.11 Å². The highest BCUT2D eigenvalue weighted by atomic mass is 16.6. The van der Waals surface area contributed by atoms with Gasteiger partial charge in [-0.1, -0.05) is 44.5 Å². The number of rotatable bonds is 4. The first-order valence-corrected chi connectivity index (χ1v) is 6.96. The van der Waals surface area contributed by atoms with Crippen LogP contribution in [0.3, 0.4) is 0 Å². The predicted molar refractivity (Wildman–Crippen MR) is 75.3 cm³/mol. The number of hydrogen-bond acceptors (Lipinski definition) is 2. The zero-order chi connectivity index (χ0) is 13.0. The van der Waals surface area contributed by atoms with Crippen molar-refractivity contribution in [3.63, 3.8) is 0 Å². The summed E-state index contributed by atoms with van der Waals surface area (Å²) in [7, 11) is 1.67. The molecular formula is C16H25NO. The minimum atomic E-state index is 0.491. The van der Waals surface area contributed by atoms with Crippen molar-refractivity contribution in [2.75, 3.05) is 7.11 Å². The van der Waals surface area contributed by atoms with Crippen LogP contribution in [0.2, 0.25) is 0 Å². The van der Waals surface area contributed by atoms with Gasteiger partial charge in [0.15, 0.2) is 0 Å². The summed E-state index contributed by atoms with van der Waals surface area (Å²) >= 11 is 0. The Labute approximate surface area is 111 Å². The van der Waals surface area contributed by atoms with Crippen LogP contribution in [0.5, 0.6) is 0 Å². The molecule has 0 bridgehead atoms. The van der Waals surface area contributed by atoms with E-state index >= 15 is 0 Å². The van der Waals surface area contributed by atoms with Crippen LogP contribution in [0.1, 0.15) is 56.6 Å². The second-order valence-corrected chi connectivity index (χ2v) is 6.18. The van der Waals surface area contributed by atoms with Crippen molar-refractivity contribution in [1.29, 1.82) is 0 Å². The van der Waals surface area contributed by atoms with E-state index in [9.17, 15) is 0 Å². The van der Waals surface area contributed by atoms with Gasteiger partial charge in [-0.25, -0.2) is 0 Å². The molecule has 0 radical (unpaired) electrons. The average molecular weight is 247 g/mol. The lowest BCUT2D eigenvalue weighted by molar-refractivity contribution is 0.0862. The van der Waals surface area contributed by atoms with Crippen molar-refractivity contribution in [1.82, 2.24) is 5.48 Å².